The summed E-state index contributed by atoms with van der Waals surface area (Å²) in [6, 6.07) is 8.02. The van der Waals surface area contributed by atoms with Gasteiger partial charge >= 0.3 is 0 Å². The van der Waals surface area contributed by atoms with E-state index in [9.17, 15) is 4.79 Å². The van der Waals surface area contributed by atoms with Gasteiger partial charge in [0.1, 0.15) is 0 Å². The minimum atomic E-state index is -0.108. The normalized spacial score (nSPS) is 18.9. The molecule has 1 saturated heterocycles. The molecule has 0 aliphatic carbocycles. The molecule has 3 rings (SSSR count). The van der Waals surface area contributed by atoms with E-state index in [1.807, 2.05) is 31.2 Å². The van der Waals surface area contributed by atoms with Gasteiger partial charge in [-0.1, -0.05) is 28.1 Å². The van der Waals surface area contributed by atoms with Gasteiger partial charge in [-0.2, -0.15) is 0 Å². The van der Waals surface area contributed by atoms with Gasteiger partial charge in [-0.3, -0.25) is 9.69 Å². The van der Waals surface area contributed by atoms with Crippen LogP contribution in [0.5, 0.6) is 0 Å². The summed E-state index contributed by atoms with van der Waals surface area (Å²) in [4.78, 5) is 19.3. The molecule has 0 spiro atoms. The molecule has 3 nitrogen and oxygen atoms in total. The van der Waals surface area contributed by atoms with E-state index in [2.05, 4.69) is 20.9 Å². The van der Waals surface area contributed by atoms with E-state index in [0.29, 0.717) is 13.0 Å². The van der Waals surface area contributed by atoms with Gasteiger partial charge in [0.15, 0.2) is 5.13 Å². The number of benzene rings is 1. The molecule has 0 saturated carbocycles. The fourth-order valence-corrected chi connectivity index (χ4v) is 3.71. The van der Waals surface area contributed by atoms with Gasteiger partial charge in [0.2, 0.25) is 5.91 Å². The highest BCUT2D eigenvalue weighted by Gasteiger charge is 2.31. The summed E-state index contributed by atoms with van der Waals surface area (Å²) in [7, 11) is 0. The van der Waals surface area contributed by atoms with Crippen molar-refractivity contribution in [3.8, 4) is 11.3 Å². The predicted molar refractivity (Wildman–Crippen MR) is 86.6 cm³/mol. The van der Waals surface area contributed by atoms with Crippen LogP contribution in [-0.2, 0) is 4.79 Å². The second-order valence-electron chi connectivity index (χ2n) is 4.71. The smallest absolute Gasteiger partial charge is 0.230 e. The molecule has 1 amide bonds. The Morgan fingerprint density at radius 1 is 1.40 bits per heavy atom. The Morgan fingerprint density at radius 2 is 2.10 bits per heavy atom. The zero-order valence-corrected chi connectivity index (χ0v) is 13.9. The Labute approximate surface area is 134 Å². The molecule has 2 heterocycles. The summed E-state index contributed by atoms with van der Waals surface area (Å²) >= 11 is 11.0. The van der Waals surface area contributed by atoms with Crippen LogP contribution >= 0.6 is 38.9 Å². The first-order valence-corrected chi connectivity index (χ1v) is 8.27. The molecule has 20 heavy (non-hydrogen) atoms. The molecule has 1 fully saturated rings. The lowest BCUT2D eigenvalue weighted by atomic mass is 10.1. The van der Waals surface area contributed by atoms with Gasteiger partial charge in [0.05, 0.1) is 11.1 Å². The predicted octanol–water partition coefficient (Wildman–Crippen LogP) is 4.23. The van der Waals surface area contributed by atoms with Crippen LogP contribution in [0.3, 0.4) is 0 Å². The first kappa shape index (κ1) is 14.0. The van der Waals surface area contributed by atoms with Gasteiger partial charge in [0, 0.05) is 27.9 Å². The van der Waals surface area contributed by atoms with Crippen molar-refractivity contribution in [1.29, 1.82) is 0 Å². The standard InChI is InChI=1S/C14H12BrClN2OS/c1-8-13(9-2-4-10(15)5-3-9)17-14(20-8)18-7-11(16)6-12(18)19/h2-5,11H,6-7H2,1H3. The number of halogens is 2. The Hall–Kier alpha value is -0.910. The first-order chi connectivity index (χ1) is 9.54. The van der Waals surface area contributed by atoms with Crippen molar-refractivity contribution in [3.63, 3.8) is 0 Å². The van der Waals surface area contributed by atoms with Crippen molar-refractivity contribution < 1.29 is 4.79 Å². The third-order valence-electron chi connectivity index (χ3n) is 3.21. The molecule has 6 heteroatoms. The van der Waals surface area contributed by atoms with E-state index >= 15 is 0 Å². The van der Waals surface area contributed by atoms with E-state index in [4.69, 9.17) is 11.6 Å². The summed E-state index contributed by atoms with van der Waals surface area (Å²) in [6.07, 6.45) is 0.397. The lowest BCUT2D eigenvalue weighted by Crippen LogP contribution is -2.24. The van der Waals surface area contributed by atoms with Crippen LogP contribution in [0.25, 0.3) is 11.3 Å². The van der Waals surface area contributed by atoms with E-state index < -0.39 is 0 Å². The molecule has 1 aromatic heterocycles. The molecule has 0 bridgehead atoms. The highest BCUT2D eigenvalue weighted by molar-refractivity contribution is 9.10. The third kappa shape index (κ3) is 2.62. The molecule has 1 unspecified atom stereocenters. The number of thiazole rings is 1. The SMILES string of the molecule is Cc1sc(N2CC(Cl)CC2=O)nc1-c1ccc(Br)cc1. The van der Waals surface area contributed by atoms with Crippen LogP contribution in [0.15, 0.2) is 28.7 Å². The lowest BCUT2D eigenvalue weighted by Gasteiger charge is -2.10. The Bertz CT molecular complexity index is 656. The van der Waals surface area contributed by atoms with Crippen LogP contribution in [0.1, 0.15) is 11.3 Å². The first-order valence-electron chi connectivity index (χ1n) is 6.22. The maximum atomic E-state index is 11.9. The van der Waals surface area contributed by atoms with E-state index in [-0.39, 0.29) is 11.3 Å². The number of aromatic nitrogens is 1. The van der Waals surface area contributed by atoms with E-state index in [1.54, 1.807) is 16.2 Å². The minimum Gasteiger partial charge on any atom is -0.287 e. The molecule has 104 valence electrons. The Balaban J connectivity index is 1.95. The largest absolute Gasteiger partial charge is 0.287 e. The zero-order chi connectivity index (χ0) is 14.3. The monoisotopic (exact) mass is 370 g/mol. The van der Waals surface area contributed by atoms with Gasteiger partial charge in [0.25, 0.3) is 0 Å². The number of hydrogen-bond acceptors (Lipinski definition) is 3. The van der Waals surface area contributed by atoms with Gasteiger partial charge < -0.3 is 0 Å². The number of aryl methyl sites for hydroxylation is 1. The van der Waals surface area contributed by atoms with Gasteiger partial charge in [-0.05, 0) is 19.1 Å². The average molecular weight is 372 g/mol. The minimum absolute atomic E-state index is 0.0566. The average Bonchev–Trinajstić information content (AvgIpc) is 2.93. The van der Waals surface area contributed by atoms with Gasteiger partial charge in [-0.15, -0.1) is 22.9 Å². The highest BCUT2D eigenvalue weighted by Crippen LogP contribution is 2.35. The van der Waals surface area contributed by atoms with Crippen molar-refractivity contribution in [2.24, 2.45) is 0 Å². The number of rotatable bonds is 2. The van der Waals surface area contributed by atoms with Crippen LogP contribution < -0.4 is 4.90 Å². The third-order valence-corrected chi connectivity index (χ3v) is 5.03. The molecule has 0 N–H and O–H groups in total. The second-order valence-corrected chi connectivity index (χ2v) is 7.43. The van der Waals surface area contributed by atoms with Crippen LogP contribution in [0, 0.1) is 6.92 Å². The van der Waals surface area contributed by atoms with Crippen molar-refractivity contribution in [3.05, 3.63) is 33.6 Å². The lowest BCUT2D eigenvalue weighted by molar-refractivity contribution is -0.117. The molecule has 1 aliphatic heterocycles. The van der Waals surface area contributed by atoms with Crippen molar-refractivity contribution in [2.45, 2.75) is 18.7 Å². The summed E-state index contributed by atoms with van der Waals surface area (Å²) in [6.45, 7) is 2.57. The Morgan fingerprint density at radius 3 is 2.70 bits per heavy atom. The summed E-state index contributed by atoms with van der Waals surface area (Å²) < 4.78 is 1.04. The maximum Gasteiger partial charge on any atom is 0.230 e. The Kier molecular flexibility index (Phi) is 3.84. The molecule has 1 aromatic carbocycles. The second kappa shape index (κ2) is 5.47. The fourth-order valence-electron chi connectivity index (χ4n) is 2.22. The molecule has 1 atom stereocenters. The molecular weight excluding hydrogens is 360 g/mol. The van der Waals surface area contributed by atoms with Crippen molar-refractivity contribution in [2.75, 3.05) is 11.4 Å². The molecular formula is C14H12BrClN2OS. The quantitative estimate of drug-likeness (QED) is 0.740. The highest BCUT2D eigenvalue weighted by atomic mass is 79.9. The number of anilines is 1. The number of alkyl halides is 1. The van der Waals surface area contributed by atoms with E-state index in [0.717, 1.165) is 25.7 Å². The number of nitrogens with zero attached hydrogens (tertiary/aromatic N) is 2. The molecule has 2 aromatic rings. The molecule has 1 aliphatic rings. The summed E-state index contributed by atoms with van der Waals surface area (Å²) in [5, 5.41) is 0.636. The van der Waals surface area contributed by atoms with Gasteiger partial charge in [-0.25, -0.2) is 4.98 Å². The number of amides is 1. The van der Waals surface area contributed by atoms with E-state index in [1.165, 1.54) is 0 Å². The number of carbonyl (C=O) groups excluding carboxylic acids is 1. The van der Waals surface area contributed by atoms with Crippen molar-refractivity contribution >= 4 is 49.9 Å². The number of carbonyl (C=O) groups is 1. The van der Waals surface area contributed by atoms with Crippen LogP contribution in [0.2, 0.25) is 0 Å². The van der Waals surface area contributed by atoms with Crippen molar-refractivity contribution in [1.82, 2.24) is 4.98 Å². The summed E-state index contributed by atoms with van der Waals surface area (Å²) in [5.41, 5.74) is 1.99. The van der Waals surface area contributed by atoms with Crippen LogP contribution in [0.4, 0.5) is 5.13 Å². The fraction of sp³-hybridized carbons (Fsp3) is 0.286. The molecule has 0 radical (unpaired) electrons. The maximum absolute atomic E-state index is 11.9. The van der Waals surface area contributed by atoms with Crippen LogP contribution in [-0.4, -0.2) is 22.8 Å². The number of hydrogen-bond donors (Lipinski definition) is 0. The topological polar surface area (TPSA) is 33.2 Å². The zero-order valence-electron chi connectivity index (χ0n) is 10.8. The summed E-state index contributed by atoms with van der Waals surface area (Å²) in [5.74, 6) is 0.0566.